The molecule has 0 saturated carbocycles. The number of hydrogen-bond donors (Lipinski definition) is 0. The summed E-state index contributed by atoms with van der Waals surface area (Å²) in [6, 6.07) is 4.29. The van der Waals surface area contributed by atoms with Crippen LogP contribution in [0.3, 0.4) is 0 Å². The molecule has 1 nitrogen and oxygen atoms in total. The highest BCUT2D eigenvalue weighted by Gasteiger charge is 2.15. The van der Waals surface area contributed by atoms with Crippen LogP contribution in [0.2, 0.25) is 0 Å². The Morgan fingerprint density at radius 3 is 2.29 bits per heavy atom. The quantitative estimate of drug-likeness (QED) is 0.692. The summed E-state index contributed by atoms with van der Waals surface area (Å²) in [5.41, 5.74) is 3.67. The minimum atomic E-state index is -0.0533. The predicted octanol–water partition coefficient (Wildman–Crippen LogP) is 4.74. The molecule has 17 heavy (non-hydrogen) atoms. The van der Waals surface area contributed by atoms with Crippen molar-refractivity contribution in [1.82, 2.24) is 0 Å². The van der Waals surface area contributed by atoms with E-state index >= 15 is 0 Å². The molecular weight excluding hydrogens is 344 g/mol. The Balaban J connectivity index is 2.78. The normalized spacial score (nSPS) is 12.5. The molecule has 0 radical (unpaired) electrons. The molecule has 1 rings (SSSR count). The van der Waals surface area contributed by atoms with Gasteiger partial charge in [0.25, 0.3) is 0 Å². The van der Waals surface area contributed by atoms with Crippen molar-refractivity contribution in [1.29, 1.82) is 0 Å². The van der Waals surface area contributed by atoms with E-state index in [1.165, 1.54) is 16.7 Å². The van der Waals surface area contributed by atoms with Crippen LogP contribution in [0.15, 0.2) is 16.6 Å². The van der Waals surface area contributed by atoms with Crippen LogP contribution >= 0.6 is 31.9 Å². The lowest BCUT2D eigenvalue weighted by atomic mass is 10.0. The van der Waals surface area contributed by atoms with E-state index in [1.807, 2.05) is 6.92 Å². The molecule has 0 bridgehead atoms. The second-order valence-electron chi connectivity index (χ2n) is 4.43. The Labute approximate surface area is 120 Å². The summed E-state index contributed by atoms with van der Waals surface area (Å²) in [5.74, 6) is 0.297. The minimum absolute atomic E-state index is 0.0533. The number of ketones is 1. The number of benzene rings is 1. The summed E-state index contributed by atoms with van der Waals surface area (Å²) >= 11 is 7.04. The van der Waals surface area contributed by atoms with E-state index in [1.54, 1.807) is 0 Å². The first kappa shape index (κ1) is 14.9. The number of rotatable bonds is 5. The van der Waals surface area contributed by atoms with Crippen LogP contribution < -0.4 is 0 Å². The molecule has 0 spiro atoms. The summed E-state index contributed by atoms with van der Waals surface area (Å²) in [7, 11) is 0. The highest BCUT2D eigenvalue weighted by atomic mass is 79.9. The van der Waals surface area contributed by atoms with Gasteiger partial charge in [-0.3, -0.25) is 4.79 Å². The van der Waals surface area contributed by atoms with Crippen LogP contribution in [-0.2, 0) is 11.2 Å². The number of alkyl halides is 1. The minimum Gasteiger partial charge on any atom is -0.298 e. The predicted molar refractivity (Wildman–Crippen MR) is 80.0 cm³/mol. The van der Waals surface area contributed by atoms with Crippen molar-refractivity contribution < 1.29 is 4.79 Å². The highest BCUT2D eigenvalue weighted by molar-refractivity contribution is 9.10. The van der Waals surface area contributed by atoms with E-state index in [-0.39, 0.29) is 4.83 Å². The van der Waals surface area contributed by atoms with Gasteiger partial charge in [-0.15, -0.1) is 0 Å². The summed E-state index contributed by atoms with van der Waals surface area (Å²) in [4.78, 5) is 11.7. The van der Waals surface area contributed by atoms with Gasteiger partial charge in [-0.05, 0) is 43.4 Å². The smallest absolute Gasteiger partial charge is 0.146 e. The van der Waals surface area contributed by atoms with Crippen LogP contribution in [0.4, 0.5) is 0 Å². The first-order valence-corrected chi connectivity index (χ1v) is 7.59. The zero-order chi connectivity index (χ0) is 13.0. The van der Waals surface area contributed by atoms with Crippen molar-refractivity contribution in [2.75, 3.05) is 0 Å². The maximum absolute atomic E-state index is 11.7. The lowest BCUT2D eigenvalue weighted by Crippen LogP contribution is -2.16. The lowest BCUT2D eigenvalue weighted by molar-refractivity contribution is -0.118. The zero-order valence-corrected chi connectivity index (χ0v) is 13.7. The second-order valence-corrected chi connectivity index (χ2v) is 6.33. The molecule has 94 valence electrons. The fraction of sp³-hybridized carbons (Fsp3) is 0.500. The summed E-state index contributed by atoms with van der Waals surface area (Å²) < 4.78 is 1.16. The summed E-state index contributed by atoms with van der Waals surface area (Å²) in [6.45, 7) is 6.20. The van der Waals surface area contributed by atoms with E-state index in [9.17, 15) is 4.79 Å². The molecule has 0 heterocycles. The molecule has 0 aliphatic heterocycles. The summed E-state index contributed by atoms with van der Waals surface area (Å²) in [6.07, 6.45) is 2.34. The fourth-order valence-corrected chi connectivity index (χ4v) is 2.71. The van der Waals surface area contributed by atoms with Gasteiger partial charge in [0, 0.05) is 10.9 Å². The van der Waals surface area contributed by atoms with Crippen molar-refractivity contribution in [2.24, 2.45) is 0 Å². The third kappa shape index (κ3) is 4.22. The van der Waals surface area contributed by atoms with Gasteiger partial charge in [0.2, 0.25) is 0 Å². The molecule has 1 atom stereocenters. The maximum atomic E-state index is 11.7. The fourth-order valence-electron chi connectivity index (χ4n) is 1.88. The van der Waals surface area contributed by atoms with Gasteiger partial charge in [-0.2, -0.15) is 0 Å². The molecule has 3 heteroatoms. The molecule has 0 saturated heterocycles. The number of aryl methyl sites for hydroxylation is 2. The molecule has 1 aromatic rings. The second kappa shape index (κ2) is 6.69. The Morgan fingerprint density at radius 1 is 1.29 bits per heavy atom. The Morgan fingerprint density at radius 2 is 1.82 bits per heavy atom. The number of carbonyl (C=O) groups excluding carboxylic acids is 1. The SMILES string of the molecule is CCCC(=O)C(Br)Cc1cc(C)c(Br)c(C)c1. The van der Waals surface area contributed by atoms with Crippen molar-refractivity contribution >= 4 is 37.6 Å². The van der Waals surface area contributed by atoms with Gasteiger partial charge in [-0.25, -0.2) is 0 Å². The molecule has 1 unspecified atom stereocenters. The van der Waals surface area contributed by atoms with Crippen molar-refractivity contribution in [3.8, 4) is 0 Å². The molecule has 0 amide bonds. The average molecular weight is 362 g/mol. The van der Waals surface area contributed by atoms with E-state index in [2.05, 4.69) is 57.8 Å². The molecule has 0 aliphatic carbocycles. The lowest BCUT2D eigenvalue weighted by Gasteiger charge is -2.11. The van der Waals surface area contributed by atoms with Crippen LogP contribution in [0.25, 0.3) is 0 Å². The van der Waals surface area contributed by atoms with Gasteiger partial charge in [-0.1, -0.05) is 50.9 Å². The molecule has 0 fully saturated rings. The Hall–Kier alpha value is -0.150. The van der Waals surface area contributed by atoms with Crippen LogP contribution in [0.1, 0.15) is 36.5 Å². The molecular formula is C14H18Br2O. The average Bonchev–Trinajstić information content (AvgIpc) is 2.26. The summed E-state index contributed by atoms with van der Waals surface area (Å²) in [5, 5.41) is 0. The van der Waals surface area contributed by atoms with Gasteiger partial charge in [0.1, 0.15) is 5.78 Å². The van der Waals surface area contributed by atoms with E-state index in [0.717, 1.165) is 17.3 Å². The van der Waals surface area contributed by atoms with Crippen molar-refractivity contribution in [3.05, 3.63) is 33.3 Å². The largest absolute Gasteiger partial charge is 0.298 e. The number of carbonyl (C=O) groups is 1. The Bertz CT molecular complexity index is 390. The van der Waals surface area contributed by atoms with Crippen LogP contribution in [0, 0.1) is 13.8 Å². The van der Waals surface area contributed by atoms with Crippen LogP contribution in [-0.4, -0.2) is 10.6 Å². The van der Waals surface area contributed by atoms with Gasteiger partial charge in [0.05, 0.1) is 4.83 Å². The van der Waals surface area contributed by atoms with E-state index in [4.69, 9.17) is 0 Å². The van der Waals surface area contributed by atoms with Gasteiger partial charge < -0.3 is 0 Å². The van der Waals surface area contributed by atoms with Gasteiger partial charge >= 0.3 is 0 Å². The molecule has 0 aromatic heterocycles. The molecule has 0 N–H and O–H groups in total. The molecule has 1 aromatic carbocycles. The molecule has 0 aliphatic rings. The third-order valence-corrected chi connectivity index (χ3v) is 4.84. The topological polar surface area (TPSA) is 17.1 Å². The van der Waals surface area contributed by atoms with Gasteiger partial charge in [0.15, 0.2) is 0 Å². The van der Waals surface area contributed by atoms with Crippen LogP contribution in [0.5, 0.6) is 0 Å². The highest BCUT2D eigenvalue weighted by Crippen LogP contribution is 2.24. The standard InChI is InChI=1S/C14H18Br2O/c1-4-5-13(17)12(15)8-11-6-9(2)14(16)10(3)7-11/h6-7,12H,4-5,8H2,1-3H3. The zero-order valence-electron chi connectivity index (χ0n) is 10.5. The van der Waals surface area contributed by atoms with Crippen molar-refractivity contribution in [2.45, 2.75) is 44.9 Å². The Kier molecular flexibility index (Phi) is 5.87. The maximum Gasteiger partial charge on any atom is 0.146 e. The monoisotopic (exact) mass is 360 g/mol. The van der Waals surface area contributed by atoms with Crippen molar-refractivity contribution in [3.63, 3.8) is 0 Å². The van der Waals surface area contributed by atoms with E-state index < -0.39 is 0 Å². The number of halogens is 2. The first-order valence-electron chi connectivity index (χ1n) is 5.88. The van der Waals surface area contributed by atoms with E-state index in [0.29, 0.717) is 12.2 Å². The third-order valence-electron chi connectivity index (χ3n) is 2.76. The number of Topliss-reactive ketones (excluding diaryl/α,β-unsaturated/α-hetero) is 1. The number of hydrogen-bond acceptors (Lipinski definition) is 1. The first-order chi connectivity index (χ1) is 7.95.